The fraction of sp³-hybridized carbons (Fsp3) is 0.440. The van der Waals surface area contributed by atoms with Gasteiger partial charge in [0, 0.05) is 26.2 Å². The van der Waals surface area contributed by atoms with E-state index in [0.717, 1.165) is 29.7 Å². The Bertz CT molecular complexity index is 1150. The van der Waals surface area contributed by atoms with E-state index in [2.05, 4.69) is 5.32 Å². The minimum absolute atomic E-state index is 0.218. The van der Waals surface area contributed by atoms with Crippen molar-refractivity contribution in [2.24, 2.45) is 0 Å². The second-order valence-electron chi connectivity index (χ2n) is 9.34. The lowest BCUT2D eigenvalue weighted by Gasteiger charge is -2.36. The van der Waals surface area contributed by atoms with E-state index in [9.17, 15) is 19.2 Å². The van der Waals surface area contributed by atoms with Crippen LogP contribution in [0.3, 0.4) is 0 Å². The standard InChI is InChI=1S/C25H28N4O5/c1-16(21(30)27-10-12-28(13-11-27)22(31)20-7-4-14-34-20)29-23(32)25(2,26-24(29)33)19-9-8-17-5-3-6-18(17)15-19/h4,7-9,14-16H,3,5-6,10-13H2,1-2H3,(H,26,33)/t16-,25-/m0/s1. The largest absolute Gasteiger partial charge is 0.459 e. The van der Waals surface area contributed by atoms with Crippen LogP contribution in [0.5, 0.6) is 0 Å². The van der Waals surface area contributed by atoms with E-state index in [1.807, 2.05) is 18.2 Å². The topological polar surface area (TPSA) is 103 Å². The number of amides is 5. The number of aryl methyl sites for hydroxylation is 2. The quantitative estimate of drug-likeness (QED) is 0.697. The highest BCUT2D eigenvalue weighted by Gasteiger charge is 2.52. The second kappa shape index (κ2) is 8.30. The number of rotatable bonds is 4. The summed E-state index contributed by atoms with van der Waals surface area (Å²) in [6, 6.07) is 7.68. The van der Waals surface area contributed by atoms with E-state index in [-0.39, 0.29) is 17.6 Å². The van der Waals surface area contributed by atoms with Gasteiger partial charge in [0.05, 0.1) is 6.26 Å². The van der Waals surface area contributed by atoms with Gasteiger partial charge in [0.25, 0.3) is 11.8 Å². The maximum atomic E-state index is 13.4. The van der Waals surface area contributed by atoms with Gasteiger partial charge in [-0.2, -0.15) is 0 Å². The zero-order chi connectivity index (χ0) is 24.0. The predicted octanol–water partition coefficient (Wildman–Crippen LogP) is 1.91. The third-order valence-electron chi connectivity index (χ3n) is 7.25. The normalized spacial score (nSPS) is 23.2. The van der Waals surface area contributed by atoms with Crippen molar-refractivity contribution in [1.29, 1.82) is 0 Å². The number of nitrogens with one attached hydrogen (secondary N) is 1. The van der Waals surface area contributed by atoms with Crippen LogP contribution in [-0.4, -0.2) is 70.7 Å². The van der Waals surface area contributed by atoms with E-state index in [1.54, 1.807) is 35.8 Å². The van der Waals surface area contributed by atoms with Crippen LogP contribution >= 0.6 is 0 Å². The Morgan fingerprint density at radius 2 is 1.74 bits per heavy atom. The average Bonchev–Trinajstić information content (AvgIpc) is 3.58. The summed E-state index contributed by atoms with van der Waals surface area (Å²) < 4.78 is 5.17. The van der Waals surface area contributed by atoms with E-state index in [0.29, 0.717) is 26.2 Å². The molecule has 2 aromatic rings. The smallest absolute Gasteiger partial charge is 0.326 e. The van der Waals surface area contributed by atoms with Crippen LogP contribution in [-0.2, 0) is 28.0 Å². The Labute approximate surface area is 197 Å². The highest BCUT2D eigenvalue weighted by Crippen LogP contribution is 2.33. The lowest BCUT2D eigenvalue weighted by molar-refractivity contribution is -0.143. The monoisotopic (exact) mass is 464 g/mol. The highest BCUT2D eigenvalue weighted by molar-refractivity contribution is 6.10. The molecule has 5 amide bonds. The van der Waals surface area contributed by atoms with Crippen molar-refractivity contribution >= 4 is 23.8 Å². The molecule has 1 aromatic carbocycles. The molecule has 2 saturated heterocycles. The van der Waals surface area contributed by atoms with Gasteiger partial charge >= 0.3 is 6.03 Å². The molecule has 2 fully saturated rings. The summed E-state index contributed by atoms with van der Waals surface area (Å²) in [5.74, 6) is -0.697. The van der Waals surface area contributed by atoms with Crippen molar-refractivity contribution in [2.45, 2.75) is 44.7 Å². The first-order chi connectivity index (χ1) is 16.3. The van der Waals surface area contributed by atoms with Gasteiger partial charge in [-0.3, -0.25) is 14.4 Å². The van der Waals surface area contributed by atoms with Crippen molar-refractivity contribution in [3.05, 3.63) is 59.0 Å². The molecule has 0 saturated carbocycles. The zero-order valence-corrected chi connectivity index (χ0v) is 19.4. The maximum Gasteiger partial charge on any atom is 0.326 e. The number of carbonyl (C=O) groups is 4. The SMILES string of the molecule is C[C@@H](C(=O)N1CCN(C(=O)c2ccco2)CC1)N1C(=O)N[C@@](C)(c2ccc3c(c2)CCC3)C1=O. The Morgan fingerprint density at radius 3 is 2.44 bits per heavy atom. The molecule has 0 unspecified atom stereocenters. The molecule has 2 aliphatic heterocycles. The van der Waals surface area contributed by atoms with Gasteiger partial charge in [-0.15, -0.1) is 0 Å². The van der Waals surface area contributed by atoms with Gasteiger partial charge in [0.2, 0.25) is 5.91 Å². The number of hydrogen-bond donors (Lipinski definition) is 1. The van der Waals surface area contributed by atoms with Crippen molar-refractivity contribution in [2.75, 3.05) is 26.2 Å². The van der Waals surface area contributed by atoms with Gasteiger partial charge in [-0.1, -0.05) is 18.2 Å². The van der Waals surface area contributed by atoms with Crippen LogP contribution in [0.15, 0.2) is 41.0 Å². The Hall–Kier alpha value is -3.62. The number of piperazine rings is 1. The van der Waals surface area contributed by atoms with Crippen LogP contribution in [0, 0.1) is 0 Å². The summed E-state index contributed by atoms with van der Waals surface area (Å²) in [6.07, 6.45) is 4.54. The van der Waals surface area contributed by atoms with Gasteiger partial charge in [-0.25, -0.2) is 9.69 Å². The molecule has 34 heavy (non-hydrogen) atoms. The molecule has 3 heterocycles. The van der Waals surface area contributed by atoms with Crippen molar-refractivity contribution in [1.82, 2.24) is 20.0 Å². The Morgan fingerprint density at radius 1 is 1.03 bits per heavy atom. The van der Waals surface area contributed by atoms with Crippen molar-refractivity contribution in [3.8, 4) is 0 Å². The molecule has 1 N–H and O–H groups in total. The lowest BCUT2D eigenvalue weighted by atomic mass is 9.89. The summed E-state index contributed by atoms with van der Waals surface area (Å²) in [6.45, 7) is 4.62. The number of benzene rings is 1. The van der Waals surface area contributed by atoms with Crippen molar-refractivity contribution < 1.29 is 23.6 Å². The first-order valence-electron chi connectivity index (χ1n) is 11.7. The number of furan rings is 1. The van der Waals surface area contributed by atoms with Gasteiger partial charge in [-0.05, 0) is 61.9 Å². The summed E-state index contributed by atoms with van der Waals surface area (Å²) in [4.78, 5) is 56.3. The average molecular weight is 465 g/mol. The predicted molar refractivity (Wildman–Crippen MR) is 122 cm³/mol. The van der Waals surface area contributed by atoms with E-state index < -0.39 is 23.5 Å². The molecule has 0 radical (unpaired) electrons. The third kappa shape index (κ3) is 3.55. The van der Waals surface area contributed by atoms with Crippen LogP contribution in [0.1, 0.15) is 47.5 Å². The molecule has 5 rings (SSSR count). The first kappa shape index (κ1) is 22.2. The van der Waals surface area contributed by atoms with Crippen LogP contribution in [0.2, 0.25) is 0 Å². The molecule has 178 valence electrons. The molecular weight excluding hydrogens is 436 g/mol. The van der Waals surface area contributed by atoms with Crippen LogP contribution in [0.25, 0.3) is 0 Å². The Kier molecular flexibility index (Phi) is 5.42. The summed E-state index contributed by atoms with van der Waals surface area (Å²) in [5, 5.41) is 2.82. The minimum atomic E-state index is -1.21. The Balaban J connectivity index is 1.27. The summed E-state index contributed by atoms with van der Waals surface area (Å²) >= 11 is 0. The van der Waals surface area contributed by atoms with Gasteiger partial charge in [0.1, 0.15) is 11.6 Å². The lowest BCUT2D eigenvalue weighted by Crippen LogP contribution is -2.56. The first-order valence-corrected chi connectivity index (χ1v) is 11.7. The molecule has 2 atom stereocenters. The molecule has 1 aliphatic carbocycles. The summed E-state index contributed by atoms with van der Waals surface area (Å²) in [7, 11) is 0. The fourth-order valence-corrected chi connectivity index (χ4v) is 5.15. The number of carbonyl (C=O) groups excluding carboxylic acids is 4. The third-order valence-corrected chi connectivity index (χ3v) is 7.25. The van der Waals surface area contributed by atoms with Crippen LogP contribution in [0.4, 0.5) is 4.79 Å². The van der Waals surface area contributed by atoms with Crippen LogP contribution < -0.4 is 5.32 Å². The van der Waals surface area contributed by atoms with E-state index in [1.165, 1.54) is 17.4 Å². The minimum Gasteiger partial charge on any atom is -0.459 e. The maximum absolute atomic E-state index is 13.4. The molecule has 0 bridgehead atoms. The second-order valence-corrected chi connectivity index (χ2v) is 9.34. The number of hydrogen-bond acceptors (Lipinski definition) is 5. The van der Waals surface area contributed by atoms with Crippen molar-refractivity contribution in [3.63, 3.8) is 0 Å². The number of imide groups is 1. The van der Waals surface area contributed by atoms with Gasteiger partial charge < -0.3 is 19.5 Å². The molecular formula is C25H28N4O5. The summed E-state index contributed by atoms with van der Waals surface area (Å²) in [5.41, 5.74) is 2.02. The zero-order valence-electron chi connectivity index (χ0n) is 19.4. The highest BCUT2D eigenvalue weighted by atomic mass is 16.3. The number of fused-ring (bicyclic) bond motifs is 1. The fourth-order valence-electron chi connectivity index (χ4n) is 5.15. The van der Waals surface area contributed by atoms with E-state index >= 15 is 0 Å². The van der Waals surface area contributed by atoms with E-state index in [4.69, 9.17) is 4.42 Å². The molecule has 0 spiro atoms. The molecule has 9 nitrogen and oxygen atoms in total. The molecule has 1 aromatic heterocycles. The number of nitrogens with zero attached hydrogens (tertiary/aromatic N) is 3. The number of urea groups is 1. The molecule has 3 aliphatic rings. The van der Waals surface area contributed by atoms with Gasteiger partial charge in [0.15, 0.2) is 5.76 Å². The molecule has 9 heteroatoms.